The number of nitro groups is 1. The summed E-state index contributed by atoms with van der Waals surface area (Å²) in [5.41, 5.74) is 1.24. The van der Waals surface area contributed by atoms with Crippen LogP contribution in [0.1, 0.15) is 33.3 Å². The lowest BCUT2D eigenvalue weighted by molar-refractivity contribution is -0.384. The Kier molecular flexibility index (Phi) is 5.38. The predicted molar refractivity (Wildman–Crippen MR) is 109 cm³/mol. The number of fused-ring (bicyclic) bond motifs is 1. The highest BCUT2D eigenvalue weighted by Gasteiger charge is 2.37. The van der Waals surface area contributed by atoms with Crippen molar-refractivity contribution in [3.05, 3.63) is 74.2 Å². The van der Waals surface area contributed by atoms with Gasteiger partial charge >= 0.3 is 0 Å². The van der Waals surface area contributed by atoms with E-state index in [0.717, 1.165) is 18.7 Å². The Morgan fingerprint density at radius 2 is 1.89 bits per heavy atom. The first kappa shape index (κ1) is 19.8. The first-order chi connectivity index (χ1) is 13.3. The van der Waals surface area contributed by atoms with Gasteiger partial charge in [-0.1, -0.05) is 19.9 Å². The third-order valence-electron chi connectivity index (χ3n) is 5.15. The summed E-state index contributed by atoms with van der Waals surface area (Å²) < 4.78 is 7.79. The van der Waals surface area contributed by atoms with Crippen LogP contribution < -0.4 is 10.3 Å². The van der Waals surface area contributed by atoms with Crippen LogP contribution in [0.2, 0.25) is 0 Å². The molecular formula is C21H25N3O4. The lowest BCUT2D eigenvalue weighted by Gasteiger charge is -2.39. The molecule has 7 nitrogen and oxygen atoms in total. The van der Waals surface area contributed by atoms with Crippen molar-refractivity contribution in [1.29, 1.82) is 0 Å². The van der Waals surface area contributed by atoms with E-state index < -0.39 is 10.5 Å². The van der Waals surface area contributed by atoms with Crippen LogP contribution >= 0.6 is 0 Å². The molecule has 1 aromatic carbocycles. The van der Waals surface area contributed by atoms with Crippen molar-refractivity contribution in [2.24, 2.45) is 0 Å². The molecule has 1 aliphatic rings. The molecule has 28 heavy (non-hydrogen) atoms. The monoisotopic (exact) mass is 383 g/mol. The van der Waals surface area contributed by atoms with E-state index in [2.05, 4.69) is 18.7 Å². The highest BCUT2D eigenvalue weighted by molar-refractivity contribution is 5.78. The summed E-state index contributed by atoms with van der Waals surface area (Å²) >= 11 is 0. The van der Waals surface area contributed by atoms with Crippen LogP contribution in [0.15, 0.2) is 53.0 Å². The quantitative estimate of drug-likeness (QED) is 0.563. The second kappa shape index (κ2) is 7.59. The SMILES string of the molecule is CCN(CC)CC1=C(n2ccccc2=O)c2cc([N+](=O)[O-])ccc2OC1(C)C. The van der Waals surface area contributed by atoms with E-state index in [1.807, 2.05) is 13.8 Å². The maximum Gasteiger partial charge on any atom is 0.270 e. The molecule has 0 saturated carbocycles. The van der Waals surface area contributed by atoms with Crippen molar-refractivity contribution < 1.29 is 9.66 Å². The van der Waals surface area contributed by atoms with Crippen molar-refractivity contribution in [1.82, 2.24) is 9.47 Å². The number of benzene rings is 1. The zero-order chi connectivity index (χ0) is 20.5. The van der Waals surface area contributed by atoms with Gasteiger partial charge in [-0.05, 0) is 39.1 Å². The Balaban J connectivity index is 2.35. The second-order valence-electron chi connectivity index (χ2n) is 7.25. The predicted octanol–water partition coefficient (Wildman–Crippen LogP) is 3.53. The number of hydrogen-bond donors (Lipinski definition) is 0. The fourth-order valence-electron chi connectivity index (χ4n) is 3.51. The molecule has 0 aliphatic carbocycles. The van der Waals surface area contributed by atoms with E-state index in [-0.39, 0.29) is 11.2 Å². The Hall–Kier alpha value is -2.93. The van der Waals surface area contributed by atoms with Gasteiger partial charge in [-0.15, -0.1) is 0 Å². The molecule has 0 fully saturated rings. The zero-order valence-corrected chi connectivity index (χ0v) is 16.6. The second-order valence-corrected chi connectivity index (χ2v) is 7.25. The Bertz CT molecular complexity index is 987. The molecule has 0 spiro atoms. The van der Waals surface area contributed by atoms with Crippen LogP contribution in [0.25, 0.3) is 5.70 Å². The highest BCUT2D eigenvalue weighted by Crippen LogP contribution is 2.42. The summed E-state index contributed by atoms with van der Waals surface area (Å²) in [4.78, 5) is 25.8. The minimum atomic E-state index is -0.670. The van der Waals surface area contributed by atoms with E-state index in [1.54, 1.807) is 29.0 Å². The minimum Gasteiger partial charge on any atom is -0.483 e. The van der Waals surface area contributed by atoms with Crippen molar-refractivity contribution in [3.8, 4) is 5.75 Å². The van der Waals surface area contributed by atoms with Crippen LogP contribution in [0.4, 0.5) is 5.69 Å². The largest absolute Gasteiger partial charge is 0.483 e. The number of nitro benzene ring substituents is 1. The standard InChI is InChI=1S/C21H25N3O4/c1-5-22(6-2)14-17-20(23-12-8-7-9-19(23)25)16-13-15(24(26)27)10-11-18(16)28-21(17,3)4/h7-13H,5-6,14H2,1-4H3. The van der Waals surface area contributed by atoms with Gasteiger partial charge in [0.25, 0.3) is 11.2 Å². The van der Waals surface area contributed by atoms with E-state index in [4.69, 9.17) is 4.74 Å². The normalized spacial score (nSPS) is 15.3. The van der Waals surface area contributed by atoms with Crippen molar-refractivity contribution in [3.63, 3.8) is 0 Å². The molecule has 0 unspecified atom stereocenters. The maximum absolute atomic E-state index is 12.7. The maximum atomic E-state index is 12.7. The lowest BCUT2D eigenvalue weighted by Crippen LogP contribution is -2.42. The molecule has 0 atom stereocenters. The third-order valence-corrected chi connectivity index (χ3v) is 5.15. The van der Waals surface area contributed by atoms with Crippen molar-refractivity contribution in [2.75, 3.05) is 19.6 Å². The Labute approximate surface area is 164 Å². The average Bonchev–Trinajstić information content (AvgIpc) is 2.66. The van der Waals surface area contributed by atoms with Crippen LogP contribution in [-0.4, -0.2) is 39.6 Å². The van der Waals surface area contributed by atoms with E-state index in [0.29, 0.717) is 23.6 Å². The van der Waals surface area contributed by atoms with Crippen molar-refractivity contribution in [2.45, 2.75) is 33.3 Å². The molecule has 0 saturated heterocycles. The Morgan fingerprint density at radius 3 is 2.50 bits per heavy atom. The Morgan fingerprint density at radius 1 is 1.18 bits per heavy atom. The molecular weight excluding hydrogens is 358 g/mol. The van der Waals surface area contributed by atoms with Gasteiger partial charge in [-0.25, -0.2) is 0 Å². The fraction of sp³-hybridized carbons (Fsp3) is 0.381. The number of rotatable bonds is 6. The van der Waals surface area contributed by atoms with Crippen LogP contribution in [-0.2, 0) is 0 Å². The molecule has 7 heteroatoms. The molecule has 148 valence electrons. The molecule has 2 aromatic rings. The molecule has 2 heterocycles. The van der Waals surface area contributed by atoms with E-state index in [1.165, 1.54) is 18.2 Å². The first-order valence-corrected chi connectivity index (χ1v) is 9.40. The van der Waals surface area contributed by atoms with Gasteiger partial charge in [0.05, 0.1) is 10.6 Å². The first-order valence-electron chi connectivity index (χ1n) is 9.40. The third kappa shape index (κ3) is 3.57. The minimum absolute atomic E-state index is 0.0364. The lowest BCUT2D eigenvalue weighted by atomic mass is 9.88. The van der Waals surface area contributed by atoms with Gasteiger partial charge in [-0.3, -0.25) is 24.4 Å². The van der Waals surface area contributed by atoms with Gasteiger partial charge in [0.15, 0.2) is 0 Å². The molecule has 1 aromatic heterocycles. The topological polar surface area (TPSA) is 77.6 Å². The molecule has 0 bridgehead atoms. The van der Waals surface area contributed by atoms with Gasteiger partial charge in [-0.2, -0.15) is 0 Å². The molecule has 3 rings (SSSR count). The number of pyridine rings is 1. The average molecular weight is 383 g/mol. The number of aromatic nitrogens is 1. The zero-order valence-electron chi connectivity index (χ0n) is 16.6. The van der Waals surface area contributed by atoms with Gasteiger partial charge in [0.2, 0.25) is 0 Å². The van der Waals surface area contributed by atoms with Crippen LogP contribution in [0.5, 0.6) is 5.75 Å². The van der Waals surface area contributed by atoms with Crippen LogP contribution in [0, 0.1) is 10.1 Å². The summed E-state index contributed by atoms with van der Waals surface area (Å²) in [6, 6.07) is 9.47. The van der Waals surface area contributed by atoms with Gasteiger partial charge < -0.3 is 4.74 Å². The summed E-state index contributed by atoms with van der Waals surface area (Å²) in [5.74, 6) is 0.532. The fourth-order valence-corrected chi connectivity index (χ4v) is 3.51. The van der Waals surface area contributed by atoms with E-state index in [9.17, 15) is 14.9 Å². The van der Waals surface area contributed by atoms with E-state index >= 15 is 0 Å². The number of non-ortho nitro benzene ring substituents is 1. The number of nitrogens with zero attached hydrogens (tertiary/aromatic N) is 3. The highest BCUT2D eigenvalue weighted by atomic mass is 16.6. The summed E-state index contributed by atoms with van der Waals surface area (Å²) in [6.07, 6.45) is 1.70. The number of likely N-dealkylation sites (N-methyl/N-ethyl adjacent to an activating group) is 1. The van der Waals surface area contributed by atoms with Crippen molar-refractivity contribution >= 4 is 11.4 Å². The van der Waals surface area contributed by atoms with Crippen LogP contribution in [0.3, 0.4) is 0 Å². The number of hydrogen-bond acceptors (Lipinski definition) is 5. The van der Waals surface area contributed by atoms with Gasteiger partial charge in [0, 0.05) is 42.1 Å². The summed E-state index contributed by atoms with van der Waals surface area (Å²) in [6.45, 7) is 10.4. The molecule has 0 N–H and O–H groups in total. The summed E-state index contributed by atoms with van der Waals surface area (Å²) in [5, 5.41) is 11.3. The van der Waals surface area contributed by atoms with Gasteiger partial charge in [0.1, 0.15) is 11.4 Å². The molecule has 0 radical (unpaired) electrons. The molecule has 1 aliphatic heterocycles. The number of ether oxygens (including phenoxy) is 1. The summed E-state index contributed by atoms with van der Waals surface area (Å²) in [7, 11) is 0. The smallest absolute Gasteiger partial charge is 0.270 e. The molecule has 0 amide bonds.